The fraction of sp³-hybridized carbons (Fsp3) is 0.435. The third kappa shape index (κ3) is 2.70. The SMILES string of the molecule is COc1cc2c(c3c1OC(C)(C)C3)C(c1ccccc1C)=NC(C)(C)C2. The molecule has 0 aromatic heterocycles. The maximum absolute atomic E-state index is 6.27. The van der Waals surface area contributed by atoms with Crippen LogP contribution < -0.4 is 9.47 Å². The number of benzene rings is 2. The summed E-state index contributed by atoms with van der Waals surface area (Å²) in [7, 11) is 1.72. The molecule has 0 saturated carbocycles. The summed E-state index contributed by atoms with van der Waals surface area (Å²) in [4.78, 5) is 5.19. The van der Waals surface area contributed by atoms with Crippen molar-refractivity contribution in [2.24, 2.45) is 4.99 Å². The topological polar surface area (TPSA) is 30.8 Å². The largest absolute Gasteiger partial charge is 0.493 e. The normalized spacial score (nSPS) is 19.2. The van der Waals surface area contributed by atoms with Gasteiger partial charge in [-0.3, -0.25) is 4.99 Å². The zero-order chi connectivity index (χ0) is 18.7. The second-order valence-electron chi connectivity index (χ2n) is 8.72. The molecule has 0 bridgehead atoms. The van der Waals surface area contributed by atoms with Crippen LogP contribution in [0.15, 0.2) is 35.3 Å². The Labute approximate surface area is 156 Å². The van der Waals surface area contributed by atoms with Crippen LogP contribution in [-0.2, 0) is 12.8 Å². The van der Waals surface area contributed by atoms with Gasteiger partial charge in [0.1, 0.15) is 5.60 Å². The molecule has 0 aliphatic carbocycles. The van der Waals surface area contributed by atoms with Crippen molar-refractivity contribution in [3.05, 3.63) is 58.1 Å². The highest BCUT2D eigenvalue weighted by molar-refractivity contribution is 6.16. The van der Waals surface area contributed by atoms with E-state index in [2.05, 4.69) is 65.0 Å². The maximum Gasteiger partial charge on any atom is 0.166 e. The smallest absolute Gasteiger partial charge is 0.166 e. The van der Waals surface area contributed by atoms with Crippen LogP contribution in [-0.4, -0.2) is 24.0 Å². The summed E-state index contributed by atoms with van der Waals surface area (Å²) in [6.45, 7) is 10.8. The first-order chi connectivity index (χ1) is 12.2. The van der Waals surface area contributed by atoms with Crippen LogP contribution in [0.25, 0.3) is 0 Å². The summed E-state index contributed by atoms with van der Waals surface area (Å²) in [5.74, 6) is 1.73. The van der Waals surface area contributed by atoms with Crippen molar-refractivity contribution in [2.45, 2.75) is 58.6 Å². The second kappa shape index (κ2) is 5.60. The third-order valence-corrected chi connectivity index (χ3v) is 5.30. The van der Waals surface area contributed by atoms with Crippen LogP contribution in [0.5, 0.6) is 11.5 Å². The first-order valence-electron chi connectivity index (χ1n) is 9.29. The first kappa shape index (κ1) is 17.1. The standard InChI is InChI=1S/C23H27NO2/c1-14-9-7-8-10-16(14)20-19-15(12-22(2,3)24-20)11-18(25-6)21-17(19)13-23(4,5)26-21/h7-11H,12-13H2,1-6H3. The van der Waals surface area contributed by atoms with Crippen LogP contribution in [0.4, 0.5) is 0 Å². The number of aliphatic imine (C=N–C) groups is 1. The van der Waals surface area contributed by atoms with Gasteiger partial charge in [0.25, 0.3) is 0 Å². The summed E-state index contributed by atoms with van der Waals surface area (Å²) in [6, 6.07) is 10.7. The molecule has 0 unspecified atom stereocenters. The molecule has 0 fully saturated rings. The van der Waals surface area contributed by atoms with Gasteiger partial charge in [0.2, 0.25) is 0 Å². The molecule has 2 heterocycles. The van der Waals surface area contributed by atoms with E-state index in [9.17, 15) is 0 Å². The number of fused-ring (bicyclic) bond motifs is 3. The summed E-state index contributed by atoms with van der Waals surface area (Å²) in [6.07, 6.45) is 1.77. The molecule has 3 heteroatoms. The molecule has 0 N–H and O–H groups in total. The maximum atomic E-state index is 6.27. The Kier molecular flexibility index (Phi) is 3.69. The fourth-order valence-corrected chi connectivity index (χ4v) is 4.25. The second-order valence-corrected chi connectivity index (χ2v) is 8.72. The number of hydrogen-bond donors (Lipinski definition) is 0. The van der Waals surface area contributed by atoms with E-state index < -0.39 is 0 Å². The van der Waals surface area contributed by atoms with Gasteiger partial charge in [0.15, 0.2) is 11.5 Å². The Bertz CT molecular complexity index is 922. The van der Waals surface area contributed by atoms with Gasteiger partial charge in [0, 0.05) is 23.1 Å². The van der Waals surface area contributed by atoms with Crippen molar-refractivity contribution in [2.75, 3.05) is 7.11 Å². The lowest BCUT2D eigenvalue weighted by Gasteiger charge is -2.31. The highest BCUT2D eigenvalue weighted by Gasteiger charge is 2.39. The third-order valence-electron chi connectivity index (χ3n) is 5.30. The Balaban J connectivity index is 2.02. The molecular formula is C23H27NO2. The highest BCUT2D eigenvalue weighted by Crippen LogP contribution is 2.47. The number of aryl methyl sites for hydroxylation is 1. The van der Waals surface area contributed by atoms with Crippen LogP contribution in [0.3, 0.4) is 0 Å². The van der Waals surface area contributed by atoms with Gasteiger partial charge in [-0.2, -0.15) is 0 Å². The predicted molar refractivity (Wildman–Crippen MR) is 106 cm³/mol. The van der Waals surface area contributed by atoms with E-state index in [0.717, 1.165) is 30.1 Å². The number of rotatable bonds is 2. The van der Waals surface area contributed by atoms with E-state index in [1.165, 1.54) is 27.8 Å². The quantitative estimate of drug-likeness (QED) is 0.773. The molecule has 0 amide bonds. The number of nitrogens with zero attached hydrogens (tertiary/aromatic N) is 1. The summed E-state index contributed by atoms with van der Waals surface area (Å²) >= 11 is 0. The minimum atomic E-state index is -0.228. The van der Waals surface area contributed by atoms with Gasteiger partial charge >= 0.3 is 0 Å². The van der Waals surface area contributed by atoms with Crippen LogP contribution in [0, 0.1) is 6.92 Å². The van der Waals surface area contributed by atoms with Crippen molar-refractivity contribution in [1.29, 1.82) is 0 Å². The number of ether oxygens (including phenoxy) is 2. The zero-order valence-electron chi connectivity index (χ0n) is 16.6. The monoisotopic (exact) mass is 349 g/mol. The molecule has 2 aliphatic rings. The average Bonchev–Trinajstić information content (AvgIpc) is 2.87. The Morgan fingerprint density at radius 1 is 1.08 bits per heavy atom. The molecule has 26 heavy (non-hydrogen) atoms. The van der Waals surface area contributed by atoms with E-state index in [0.29, 0.717) is 0 Å². The molecular weight excluding hydrogens is 322 g/mol. The van der Waals surface area contributed by atoms with Crippen molar-refractivity contribution >= 4 is 5.71 Å². The first-order valence-corrected chi connectivity index (χ1v) is 9.29. The number of methoxy groups -OCH3 is 1. The molecule has 136 valence electrons. The fourth-order valence-electron chi connectivity index (χ4n) is 4.25. The molecule has 3 nitrogen and oxygen atoms in total. The molecule has 0 radical (unpaired) electrons. The van der Waals surface area contributed by atoms with Crippen molar-refractivity contribution < 1.29 is 9.47 Å². The Morgan fingerprint density at radius 2 is 1.81 bits per heavy atom. The van der Waals surface area contributed by atoms with Gasteiger partial charge in [-0.25, -0.2) is 0 Å². The Hall–Kier alpha value is -2.29. The van der Waals surface area contributed by atoms with E-state index in [-0.39, 0.29) is 11.1 Å². The van der Waals surface area contributed by atoms with E-state index >= 15 is 0 Å². The summed E-state index contributed by atoms with van der Waals surface area (Å²) in [5.41, 5.74) is 6.97. The van der Waals surface area contributed by atoms with Gasteiger partial charge in [0.05, 0.1) is 18.4 Å². The molecule has 2 aromatic carbocycles. The molecule has 2 aliphatic heterocycles. The molecule has 4 rings (SSSR count). The van der Waals surface area contributed by atoms with Crippen LogP contribution >= 0.6 is 0 Å². The summed E-state index contributed by atoms with van der Waals surface area (Å²) < 4.78 is 12.0. The van der Waals surface area contributed by atoms with Gasteiger partial charge in [-0.15, -0.1) is 0 Å². The zero-order valence-corrected chi connectivity index (χ0v) is 16.6. The minimum Gasteiger partial charge on any atom is -0.493 e. The molecule has 0 saturated heterocycles. The molecule has 2 aromatic rings. The average molecular weight is 349 g/mol. The van der Waals surface area contributed by atoms with Crippen molar-refractivity contribution in [3.63, 3.8) is 0 Å². The van der Waals surface area contributed by atoms with E-state index in [1.807, 2.05) is 0 Å². The van der Waals surface area contributed by atoms with Gasteiger partial charge in [-0.1, -0.05) is 24.3 Å². The molecule has 0 atom stereocenters. The number of hydrogen-bond acceptors (Lipinski definition) is 3. The van der Waals surface area contributed by atoms with E-state index in [1.54, 1.807) is 7.11 Å². The summed E-state index contributed by atoms with van der Waals surface area (Å²) in [5, 5.41) is 0. The minimum absolute atomic E-state index is 0.140. The predicted octanol–water partition coefficient (Wildman–Crippen LogP) is 4.89. The van der Waals surface area contributed by atoms with Crippen molar-refractivity contribution in [1.82, 2.24) is 0 Å². The van der Waals surface area contributed by atoms with Gasteiger partial charge < -0.3 is 9.47 Å². The Morgan fingerprint density at radius 3 is 2.50 bits per heavy atom. The highest BCUT2D eigenvalue weighted by atomic mass is 16.5. The lowest BCUT2D eigenvalue weighted by Crippen LogP contribution is -2.31. The van der Waals surface area contributed by atoms with E-state index in [4.69, 9.17) is 14.5 Å². The lowest BCUT2D eigenvalue weighted by molar-refractivity contribution is 0.134. The van der Waals surface area contributed by atoms with Crippen molar-refractivity contribution in [3.8, 4) is 11.5 Å². The van der Waals surface area contributed by atoms with Crippen LogP contribution in [0.2, 0.25) is 0 Å². The van der Waals surface area contributed by atoms with Crippen LogP contribution in [0.1, 0.15) is 55.5 Å². The lowest BCUT2D eigenvalue weighted by atomic mass is 9.80. The van der Waals surface area contributed by atoms with Gasteiger partial charge in [-0.05, 0) is 58.2 Å². The molecule has 0 spiro atoms.